The predicted molar refractivity (Wildman–Crippen MR) is 83.6 cm³/mol. The Morgan fingerprint density at radius 2 is 1.75 bits per heavy atom. The van der Waals surface area contributed by atoms with Gasteiger partial charge in [-0.25, -0.2) is 0 Å². The molecule has 0 aliphatic heterocycles. The summed E-state index contributed by atoms with van der Waals surface area (Å²) in [5, 5.41) is 0. The van der Waals surface area contributed by atoms with Crippen molar-refractivity contribution in [1.29, 1.82) is 0 Å². The summed E-state index contributed by atoms with van der Waals surface area (Å²) >= 11 is 0. The molecule has 0 radical (unpaired) electrons. The van der Waals surface area contributed by atoms with Crippen LogP contribution < -0.4 is 0 Å². The summed E-state index contributed by atoms with van der Waals surface area (Å²) in [5.41, 5.74) is 2.36. The molecule has 112 valence electrons. The van der Waals surface area contributed by atoms with E-state index in [-0.39, 0.29) is 29.3 Å². The lowest BCUT2D eigenvalue weighted by Crippen LogP contribution is -2.41. The molecule has 0 amide bonds. The highest BCUT2D eigenvalue weighted by Gasteiger charge is 2.43. The number of carbonyl (C=O) groups excluding carboxylic acids is 2. The van der Waals surface area contributed by atoms with Gasteiger partial charge in [-0.3, -0.25) is 9.59 Å². The molecular weight excluding hydrogens is 248 g/mol. The Labute approximate surface area is 123 Å². The van der Waals surface area contributed by atoms with E-state index in [2.05, 4.69) is 46.8 Å². The molecule has 1 saturated carbocycles. The summed E-state index contributed by atoms with van der Waals surface area (Å²) in [6.45, 7) is 10.4. The van der Waals surface area contributed by atoms with Crippen LogP contribution in [0, 0.1) is 11.3 Å². The van der Waals surface area contributed by atoms with Crippen LogP contribution in [0.4, 0.5) is 0 Å². The van der Waals surface area contributed by atoms with Crippen LogP contribution in [-0.4, -0.2) is 11.6 Å². The molecule has 0 aromatic carbocycles. The molecule has 2 heteroatoms. The van der Waals surface area contributed by atoms with Crippen LogP contribution in [0.1, 0.15) is 66.7 Å². The fraction of sp³-hybridized carbons (Fsp3) is 0.667. The van der Waals surface area contributed by atoms with Gasteiger partial charge in [0, 0.05) is 12.3 Å². The minimum absolute atomic E-state index is 0.000613. The zero-order valence-electron chi connectivity index (χ0n) is 13.6. The molecule has 0 aromatic heterocycles. The zero-order valence-corrected chi connectivity index (χ0v) is 13.6. The third-order valence-electron chi connectivity index (χ3n) is 4.23. The van der Waals surface area contributed by atoms with Gasteiger partial charge in [-0.2, -0.15) is 0 Å². The number of allylic oxidation sites excluding steroid dienone is 4. The molecule has 1 rings (SSSR count). The van der Waals surface area contributed by atoms with E-state index < -0.39 is 0 Å². The van der Waals surface area contributed by atoms with Gasteiger partial charge in [-0.15, -0.1) is 0 Å². The highest BCUT2D eigenvalue weighted by atomic mass is 16.1. The van der Waals surface area contributed by atoms with Gasteiger partial charge in [0.1, 0.15) is 11.6 Å². The van der Waals surface area contributed by atoms with Crippen molar-refractivity contribution in [3.8, 4) is 0 Å². The standard InChI is InChI=1S/C18H28O2/c1-13(2)7-6-10-18(5)12-15(19)11-17(20)16(18)9-8-14(3)4/h7-8,16H,6,9-12H2,1-5H3/t16-,18-/m0/s1. The second kappa shape index (κ2) is 7.01. The molecule has 1 aliphatic carbocycles. The van der Waals surface area contributed by atoms with Crippen molar-refractivity contribution in [3.63, 3.8) is 0 Å². The smallest absolute Gasteiger partial charge is 0.144 e. The van der Waals surface area contributed by atoms with E-state index >= 15 is 0 Å². The Kier molecular flexibility index (Phi) is 5.91. The van der Waals surface area contributed by atoms with E-state index in [1.807, 2.05) is 0 Å². The Morgan fingerprint density at radius 3 is 2.30 bits per heavy atom. The quantitative estimate of drug-likeness (QED) is 0.541. The maximum Gasteiger partial charge on any atom is 0.144 e. The first-order chi connectivity index (χ1) is 9.24. The number of hydrogen-bond donors (Lipinski definition) is 0. The Bertz CT molecular complexity index is 434. The van der Waals surface area contributed by atoms with E-state index in [1.54, 1.807) is 0 Å². The van der Waals surface area contributed by atoms with Gasteiger partial charge in [0.05, 0.1) is 6.42 Å². The third-order valence-corrected chi connectivity index (χ3v) is 4.23. The van der Waals surface area contributed by atoms with E-state index in [1.165, 1.54) is 11.1 Å². The summed E-state index contributed by atoms with van der Waals surface area (Å²) in [4.78, 5) is 24.1. The van der Waals surface area contributed by atoms with Gasteiger partial charge in [0.25, 0.3) is 0 Å². The van der Waals surface area contributed by atoms with Crippen LogP contribution in [0.3, 0.4) is 0 Å². The monoisotopic (exact) mass is 276 g/mol. The molecule has 0 bridgehead atoms. The Morgan fingerprint density at radius 1 is 1.15 bits per heavy atom. The second-order valence-electron chi connectivity index (χ2n) is 6.90. The third kappa shape index (κ3) is 4.73. The fourth-order valence-electron chi connectivity index (χ4n) is 3.07. The highest BCUT2D eigenvalue weighted by Crippen LogP contribution is 2.43. The van der Waals surface area contributed by atoms with Crippen molar-refractivity contribution < 1.29 is 9.59 Å². The van der Waals surface area contributed by atoms with E-state index in [9.17, 15) is 9.59 Å². The first-order valence-corrected chi connectivity index (χ1v) is 7.56. The summed E-state index contributed by atoms with van der Waals surface area (Å²) in [5.74, 6) is 0.252. The lowest BCUT2D eigenvalue weighted by Gasteiger charge is -2.39. The first-order valence-electron chi connectivity index (χ1n) is 7.56. The molecule has 1 aliphatic rings. The van der Waals surface area contributed by atoms with Gasteiger partial charge in [0.15, 0.2) is 0 Å². The molecule has 2 nitrogen and oxygen atoms in total. The van der Waals surface area contributed by atoms with Gasteiger partial charge < -0.3 is 0 Å². The molecule has 0 unspecified atom stereocenters. The molecule has 1 fully saturated rings. The minimum Gasteiger partial charge on any atom is -0.299 e. The summed E-state index contributed by atoms with van der Waals surface area (Å²) in [6, 6.07) is 0. The lowest BCUT2D eigenvalue weighted by molar-refractivity contribution is -0.139. The van der Waals surface area contributed by atoms with Crippen LogP contribution in [0.15, 0.2) is 23.3 Å². The average molecular weight is 276 g/mol. The Balaban J connectivity index is 2.88. The van der Waals surface area contributed by atoms with E-state index in [0.717, 1.165) is 19.3 Å². The van der Waals surface area contributed by atoms with Gasteiger partial charge >= 0.3 is 0 Å². The molecule has 0 N–H and O–H groups in total. The molecule has 2 atom stereocenters. The van der Waals surface area contributed by atoms with E-state index in [0.29, 0.717) is 6.42 Å². The van der Waals surface area contributed by atoms with Gasteiger partial charge in [-0.05, 0) is 52.4 Å². The Hall–Kier alpha value is -1.18. The normalized spacial score (nSPS) is 26.4. The first kappa shape index (κ1) is 16.9. The van der Waals surface area contributed by atoms with Crippen molar-refractivity contribution >= 4 is 11.6 Å². The molecule has 0 spiro atoms. The SMILES string of the molecule is CC(C)=CCC[C@@]1(C)CC(=O)CC(=O)[C@@H]1CC=C(C)C. The molecule has 0 heterocycles. The highest BCUT2D eigenvalue weighted by molar-refractivity contribution is 6.03. The second-order valence-corrected chi connectivity index (χ2v) is 6.90. The van der Waals surface area contributed by atoms with E-state index in [4.69, 9.17) is 0 Å². The summed E-state index contributed by atoms with van der Waals surface area (Å²) in [6.07, 6.45) is 7.67. The van der Waals surface area contributed by atoms with Crippen molar-refractivity contribution in [1.82, 2.24) is 0 Å². The summed E-state index contributed by atoms with van der Waals surface area (Å²) < 4.78 is 0. The van der Waals surface area contributed by atoms with Crippen molar-refractivity contribution in [2.45, 2.75) is 66.7 Å². The van der Waals surface area contributed by atoms with Crippen LogP contribution >= 0.6 is 0 Å². The average Bonchev–Trinajstić information content (AvgIpc) is 2.25. The molecule has 20 heavy (non-hydrogen) atoms. The van der Waals surface area contributed by atoms with Crippen LogP contribution in [0.2, 0.25) is 0 Å². The largest absolute Gasteiger partial charge is 0.299 e. The molecule has 0 aromatic rings. The number of rotatable bonds is 5. The van der Waals surface area contributed by atoms with Gasteiger partial charge in [0.2, 0.25) is 0 Å². The lowest BCUT2D eigenvalue weighted by atomic mass is 9.63. The van der Waals surface area contributed by atoms with Crippen molar-refractivity contribution in [2.75, 3.05) is 0 Å². The topological polar surface area (TPSA) is 34.1 Å². The van der Waals surface area contributed by atoms with Crippen LogP contribution in [0.25, 0.3) is 0 Å². The molecule has 0 saturated heterocycles. The van der Waals surface area contributed by atoms with Crippen LogP contribution in [0.5, 0.6) is 0 Å². The predicted octanol–water partition coefficient (Wildman–Crippen LogP) is 4.64. The summed E-state index contributed by atoms with van der Waals surface area (Å²) in [7, 11) is 0. The number of carbonyl (C=O) groups is 2. The van der Waals surface area contributed by atoms with Gasteiger partial charge in [-0.1, -0.05) is 30.2 Å². The molecular formula is C18H28O2. The maximum absolute atomic E-state index is 12.3. The number of hydrogen-bond acceptors (Lipinski definition) is 2. The van der Waals surface area contributed by atoms with Crippen molar-refractivity contribution in [2.24, 2.45) is 11.3 Å². The maximum atomic E-state index is 12.3. The number of ketones is 2. The fourth-order valence-corrected chi connectivity index (χ4v) is 3.07. The van der Waals surface area contributed by atoms with Crippen molar-refractivity contribution in [3.05, 3.63) is 23.3 Å². The zero-order chi connectivity index (χ0) is 15.3. The number of Topliss-reactive ketones (excluding diaryl/α,β-unsaturated/α-hetero) is 2. The van der Waals surface area contributed by atoms with Crippen LogP contribution in [-0.2, 0) is 9.59 Å². The minimum atomic E-state index is -0.176.